The zero-order valence-corrected chi connectivity index (χ0v) is 28.5. The number of amides is 1. The molecule has 1 atom stereocenters. The van der Waals surface area contributed by atoms with Crippen LogP contribution < -0.4 is 34.5 Å². The molecule has 3 heterocycles. The molecule has 0 saturated heterocycles. The standard InChI is InChI=1S/C30H38FN6O9P/c1-17(2)45-47(39,46-29(3,4)5)43-16-37(18-13-21(40-8)24(42-10)22(14-18)41-9)28-32-15-19(31)25(36-28)33-23-12-11-20-26(34-23)35-27(38)30(6,7)44-20/h11-15H,1,16H2,2-10H3,(H2,32,33,34,35,36,38). The van der Waals surface area contributed by atoms with Gasteiger partial charge >= 0.3 is 7.82 Å². The van der Waals surface area contributed by atoms with Gasteiger partial charge in [0, 0.05) is 12.1 Å². The minimum Gasteiger partial charge on any atom is -0.493 e. The van der Waals surface area contributed by atoms with Crippen LogP contribution >= 0.6 is 7.82 Å². The third-order valence-electron chi connectivity index (χ3n) is 6.18. The number of aromatic nitrogens is 3. The Kier molecular flexibility index (Phi) is 10.2. The molecule has 17 heteroatoms. The van der Waals surface area contributed by atoms with Gasteiger partial charge in [-0.3, -0.25) is 18.7 Å². The second-order valence-corrected chi connectivity index (χ2v) is 13.1. The Morgan fingerprint density at radius 2 is 1.79 bits per heavy atom. The average molecular weight is 677 g/mol. The molecule has 0 aliphatic carbocycles. The molecule has 254 valence electrons. The van der Waals surface area contributed by atoms with Crippen LogP contribution in [0.1, 0.15) is 41.5 Å². The molecule has 2 N–H and O–H groups in total. The quantitative estimate of drug-likeness (QED) is 0.115. The molecular formula is C30H38FN6O9P. The van der Waals surface area contributed by atoms with Crippen molar-refractivity contribution in [3.05, 3.63) is 48.6 Å². The van der Waals surface area contributed by atoms with Gasteiger partial charge in [0.15, 0.2) is 40.3 Å². The lowest BCUT2D eigenvalue weighted by Crippen LogP contribution is -2.46. The molecule has 2 aromatic heterocycles. The largest absolute Gasteiger partial charge is 0.531 e. The number of carbonyl (C=O) groups excluding carboxylic acids is 1. The van der Waals surface area contributed by atoms with E-state index in [9.17, 15) is 9.36 Å². The lowest BCUT2D eigenvalue weighted by molar-refractivity contribution is -0.129. The Balaban J connectivity index is 1.76. The summed E-state index contributed by atoms with van der Waals surface area (Å²) < 4.78 is 67.9. The molecule has 1 amide bonds. The number of hydrogen-bond acceptors (Lipinski definition) is 14. The lowest BCUT2D eigenvalue weighted by atomic mass is 10.1. The van der Waals surface area contributed by atoms with Crippen molar-refractivity contribution in [2.45, 2.75) is 52.7 Å². The normalized spacial score (nSPS) is 14.9. The fraction of sp³-hybridized carbons (Fsp3) is 0.400. The first kappa shape index (κ1) is 35.2. The Morgan fingerprint density at radius 3 is 2.36 bits per heavy atom. The maximum atomic E-state index is 15.2. The monoisotopic (exact) mass is 676 g/mol. The van der Waals surface area contributed by atoms with Gasteiger partial charge in [0.05, 0.1) is 44.6 Å². The molecule has 0 bridgehead atoms. The Labute approximate surface area is 272 Å². The van der Waals surface area contributed by atoms with Gasteiger partial charge in [0.2, 0.25) is 11.7 Å². The number of hydrogen-bond donors (Lipinski definition) is 2. The summed E-state index contributed by atoms with van der Waals surface area (Å²) in [5.74, 6) is -0.0614. The number of anilines is 5. The molecule has 3 aromatic rings. The zero-order valence-electron chi connectivity index (χ0n) is 27.6. The number of nitrogens with one attached hydrogen (secondary N) is 2. The van der Waals surface area contributed by atoms with E-state index in [0.717, 1.165) is 6.20 Å². The summed E-state index contributed by atoms with van der Waals surface area (Å²) in [5.41, 5.74) is -1.72. The van der Waals surface area contributed by atoms with Crippen LogP contribution in [0, 0.1) is 5.82 Å². The molecular weight excluding hydrogens is 638 g/mol. The molecule has 1 aliphatic rings. The molecule has 0 spiro atoms. The van der Waals surface area contributed by atoms with Crippen LogP contribution in [0.3, 0.4) is 0 Å². The van der Waals surface area contributed by atoms with Gasteiger partial charge < -0.3 is 34.1 Å². The fourth-order valence-electron chi connectivity index (χ4n) is 4.16. The number of methoxy groups -OCH3 is 3. The maximum Gasteiger partial charge on any atom is 0.531 e. The van der Waals surface area contributed by atoms with E-state index < -0.39 is 37.5 Å². The molecule has 1 unspecified atom stereocenters. The summed E-state index contributed by atoms with van der Waals surface area (Å²) >= 11 is 0. The predicted molar refractivity (Wildman–Crippen MR) is 171 cm³/mol. The molecule has 0 saturated carbocycles. The number of allylic oxidation sites excluding steroid dienone is 1. The summed E-state index contributed by atoms with van der Waals surface area (Å²) in [4.78, 5) is 26.6. The van der Waals surface area contributed by atoms with Crippen molar-refractivity contribution in [2.75, 3.05) is 43.6 Å². The number of phosphoric acid groups is 1. The summed E-state index contributed by atoms with van der Waals surface area (Å²) in [7, 11) is 0.0418. The van der Waals surface area contributed by atoms with Crippen molar-refractivity contribution in [1.82, 2.24) is 15.0 Å². The van der Waals surface area contributed by atoms with Crippen molar-refractivity contribution < 1.29 is 46.3 Å². The van der Waals surface area contributed by atoms with Crippen molar-refractivity contribution in [3.8, 4) is 23.0 Å². The Bertz CT molecular complexity index is 1690. The summed E-state index contributed by atoms with van der Waals surface area (Å²) in [6.07, 6.45) is 0.928. The van der Waals surface area contributed by atoms with Gasteiger partial charge in [-0.2, -0.15) is 4.98 Å². The minimum absolute atomic E-state index is 0.0872. The van der Waals surface area contributed by atoms with Crippen molar-refractivity contribution in [1.29, 1.82) is 0 Å². The van der Waals surface area contributed by atoms with Gasteiger partial charge in [0.25, 0.3) is 5.91 Å². The van der Waals surface area contributed by atoms with Crippen LogP contribution in [0.2, 0.25) is 0 Å². The zero-order chi connectivity index (χ0) is 34.7. The summed E-state index contributed by atoms with van der Waals surface area (Å²) in [5, 5.41) is 5.48. The highest BCUT2D eigenvalue weighted by Crippen LogP contribution is 2.54. The topological polar surface area (TPSA) is 165 Å². The molecule has 15 nitrogen and oxygen atoms in total. The minimum atomic E-state index is -4.28. The van der Waals surface area contributed by atoms with Gasteiger partial charge in [0.1, 0.15) is 12.5 Å². The number of halogens is 1. The maximum absolute atomic E-state index is 15.2. The third kappa shape index (κ3) is 8.39. The van der Waals surface area contributed by atoms with E-state index in [2.05, 4.69) is 32.2 Å². The number of ether oxygens (including phenoxy) is 4. The number of pyridine rings is 1. The molecule has 47 heavy (non-hydrogen) atoms. The van der Waals surface area contributed by atoms with Gasteiger partial charge in [-0.1, -0.05) is 6.58 Å². The van der Waals surface area contributed by atoms with E-state index in [1.165, 1.54) is 39.2 Å². The van der Waals surface area contributed by atoms with Gasteiger partial charge in [-0.05, 0) is 53.7 Å². The molecule has 0 fully saturated rings. The number of rotatable bonds is 13. The molecule has 1 aromatic carbocycles. The van der Waals surface area contributed by atoms with Crippen LogP contribution in [0.25, 0.3) is 0 Å². The number of nitrogens with zero attached hydrogens (tertiary/aromatic N) is 4. The van der Waals surface area contributed by atoms with E-state index in [-0.39, 0.29) is 40.7 Å². The van der Waals surface area contributed by atoms with Crippen LogP contribution in [-0.4, -0.2) is 60.1 Å². The number of fused-ring (bicyclic) bond motifs is 1. The first-order chi connectivity index (χ1) is 22.0. The average Bonchev–Trinajstić information content (AvgIpc) is 2.97. The second kappa shape index (κ2) is 13.6. The van der Waals surface area contributed by atoms with Gasteiger partial charge in [-0.25, -0.2) is 18.9 Å². The highest BCUT2D eigenvalue weighted by atomic mass is 31.2. The Morgan fingerprint density at radius 1 is 1.13 bits per heavy atom. The van der Waals surface area contributed by atoms with E-state index in [4.69, 9.17) is 32.5 Å². The Hall–Kier alpha value is -4.66. The second-order valence-electron chi connectivity index (χ2n) is 11.6. The van der Waals surface area contributed by atoms with E-state index in [1.54, 1.807) is 52.8 Å². The van der Waals surface area contributed by atoms with Crippen molar-refractivity contribution in [2.24, 2.45) is 0 Å². The highest BCUT2D eigenvalue weighted by Gasteiger charge is 2.37. The first-order valence-corrected chi connectivity index (χ1v) is 15.6. The van der Waals surface area contributed by atoms with Crippen LogP contribution in [-0.2, 0) is 22.9 Å². The van der Waals surface area contributed by atoms with Crippen LogP contribution in [0.5, 0.6) is 23.0 Å². The molecule has 4 rings (SSSR count). The summed E-state index contributed by atoms with van der Waals surface area (Å²) in [6.45, 7) is 12.9. The van der Waals surface area contributed by atoms with Crippen molar-refractivity contribution in [3.63, 3.8) is 0 Å². The molecule has 1 aliphatic heterocycles. The SMILES string of the molecule is C=C(C)OP(=O)(OCN(c1cc(OC)c(OC)c(OC)c1)c1ncc(F)c(Nc2ccc3c(n2)NC(=O)C(C)(C)O3)n1)OC(C)(C)C. The highest BCUT2D eigenvalue weighted by molar-refractivity contribution is 7.48. The van der Waals surface area contributed by atoms with Crippen LogP contribution in [0.4, 0.5) is 33.5 Å². The number of benzene rings is 1. The number of carbonyl (C=O) groups is 1. The van der Waals surface area contributed by atoms with E-state index in [1.807, 2.05) is 0 Å². The number of phosphoric ester groups is 1. The summed E-state index contributed by atoms with van der Waals surface area (Å²) in [6, 6.07) is 6.24. The van der Waals surface area contributed by atoms with E-state index >= 15 is 4.39 Å². The predicted octanol–water partition coefficient (Wildman–Crippen LogP) is 6.48. The molecule has 0 radical (unpaired) electrons. The lowest BCUT2D eigenvalue weighted by Gasteiger charge is -2.31. The van der Waals surface area contributed by atoms with Crippen LogP contribution in [0.15, 0.2) is 42.8 Å². The smallest absolute Gasteiger partial charge is 0.493 e. The first-order valence-electron chi connectivity index (χ1n) is 14.2. The fourth-order valence-corrected chi connectivity index (χ4v) is 5.61. The third-order valence-corrected chi connectivity index (χ3v) is 7.92. The van der Waals surface area contributed by atoms with E-state index in [0.29, 0.717) is 17.2 Å². The van der Waals surface area contributed by atoms with Crippen molar-refractivity contribution >= 4 is 42.8 Å². The van der Waals surface area contributed by atoms with Gasteiger partial charge in [-0.15, -0.1) is 0 Å².